The minimum absolute atomic E-state index is 0.0707. The lowest BCUT2D eigenvalue weighted by Gasteiger charge is -2.26. The number of likely N-dealkylation sites (tertiary alicyclic amines) is 1. The molecule has 1 aliphatic rings. The number of nitrogens with one attached hydrogen (secondary N) is 1. The molecule has 5 rings (SSSR count). The van der Waals surface area contributed by atoms with E-state index in [1.807, 2.05) is 42.8 Å². The average molecular weight is 597 g/mol. The number of carbonyl (C=O) groups is 3. The van der Waals surface area contributed by atoms with Crippen LogP contribution < -0.4 is 5.32 Å². The van der Waals surface area contributed by atoms with Gasteiger partial charge in [-0.2, -0.15) is 0 Å². The first-order valence-corrected chi connectivity index (χ1v) is 13.9. The summed E-state index contributed by atoms with van der Waals surface area (Å²) in [5, 5.41) is 12.5. The van der Waals surface area contributed by atoms with E-state index in [-0.39, 0.29) is 53.4 Å². The van der Waals surface area contributed by atoms with Gasteiger partial charge in [-0.05, 0) is 37.1 Å². The number of hydrogen-bond acceptors (Lipinski definition) is 6. The monoisotopic (exact) mass is 596 g/mol. The molecule has 12 heteroatoms. The number of anilines is 1. The van der Waals surface area contributed by atoms with Gasteiger partial charge in [0, 0.05) is 43.7 Å². The van der Waals surface area contributed by atoms with Crippen molar-refractivity contribution in [3.05, 3.63) is 82.4 Å². The molecule has 42 heavy (non-hydrogen) atoms. The Morgan fingerprint density at radius 1 is 1.26 bits per heavy atom. The minimum Gasteiger partial charge on any atom is -0.481 e. The lowest BCUT2D eigenvalue weighted by molar-refractivity contribution is -0.137. The van der Waals surface area contributed by atoms with Gasteiger partial charge in [0.25, 0.3) is 5.91 Å². The summed E-state index contributed by atoms with van der Waals surface area (Å²) in [4.78, 5) is 43.3. The molecule has 2 N–H and O–H groups in total. The predicted molar refractivity (Wildman–Crippen MR) is 153 cm³/mol. The number of nitrogens with zero attached hydrogens (tertiary/aromatic N) is 3. The summed E-state index contributed by atoms with van der Waals surface area (Å²) in [6.45, 7) is 2.59. The molecule has 0 bridgehead atoms. The molecule has 2 aromatic heterocycles. The highest BCUT2D eigenvalue weighted by molar-refractivity contribution is 6.34. The molecule has 0 aliphatic carbocycles. The number of aliphatic carboxylic acids is 1. The van der Waals surface area contributed by atoms with Crippen LogP contribution in [0.15, 0.2) is 53.2 Å². The van der Waals surface area contributed by atoms with Gasteiger partial charge < -0.3 is 29.0 Å². The van der Waals surface area contributed by atoms with E-state index in [2.05, 4.69) is 10.3 Å². The van der Waals surface area contributed by atoms with Crippen LogP contribution in [-0.4, -0.2) is 56.6 Å². The Balaban J connectivity index is 1.32. The summed E-state index contributed by atoms with van der Waals surface area (Å²) in [6.07, 6.45) is 3.05. The number of ether oxygens (including phenoxy) is 1. The number of fused-ring (bicyclic) bond motifs is 1. The summed E-state index contributed by atoms with van der Waals surface area (Å²) in [5.74, 6) is -1.84. The topological polar surface area (TPSA) is 127 Å². The number of aromatic nitrogens is 2. The Morgan fingerprint density at radius 3 is 2.81 bits per heavy atom. The summed E-state index contributed by atoms with van der Waals surface area (Å²) in [5.41, 5.74) is 1.46. The van der Waals surface area contributed by atoms with Crippen molar-refractivity contribution in [2.24, 2.45) is 7.05 Å². The number of carboxylic acids is 1. The molecular formula is C30H30ClFN4O6. The SMILES string of the molecule is CCO[C@H]1CCN(C(=O)Cc2cc(Cl)c(NC(=O)c3cn(C)c4ccccc34)cc2F)[C@@H]1c1ncc(CCC(=O)O)o1. The van der Waals surface area contributed by atoms with Crippen LogP contribution in [0.5, 0.6) is 0 Å². The molecular weight excluding hydrogens is 567 g/mol. The van der Waals surface area contributed by atoms with Crippen LogP contribution in [0.25, 0.3) is 10.9 Å². The first-order chi connectivity index (χ1) is 20.2. The third-order valence-electron chi connectivity index (χ3n) is 7.32. The highest BCUT2D eigenvalue weighted by atomic mass is 35.5. The van der Waals surface area contributed by atoms with Crippen LogP contribution in [0.4, 0.5) is 10.1 Å². The molecule has 0 unspecified atom stereocenters. The molecule has 3 heterocycles. The molecule has 10 nitrogen and oxygen atoms in total. The smallest absolute Gasteiger partial charge is 0.303 e. The molecule has 0 spiro atoms. The third kappa shape index (κ3) is 6.02. The highest BCUT2D eigenvalue weighted by Gasteiger charge is 2.41. The fourth-order valence-corrected chi connectivity index (χ4v) is 5.56. The maximum atomic E-state index is 15.3. The van der Waals surface area contributed by atoms with Crippen molar-refractivity contribution in [1.82, 2.24) is 14.5 Å². The second-order valence-corrected chi connectivity index (χ2v) is 10.5. The number of aryl methyl sites for hydroxylation is 2. The Hall–Kier alpha value is -4.22. The predicted octanol–water partition coefficient (Wildman–Crippen LogP) is 5.15. The Labute approximate surface area is 246 Å². The molecule has 0 saturated carbocycles. The van der Waals surface area contributed by atoms with Gasteiger partial charge in [-0.15, -0.1) is 0 Å². The quantitative estimate of drug-likeness (QED) is 0.259. The molecule has 220 valence electrons. The van der Waals surface area contributed by atoms with Gasteiger partial charge in [0.1, 0.15) is 17.6 Å². The van der Waals surface area contributed by atoms with Crippen molar-refractivity contribution < 1.29 is 33.0 Å². The second-order valence-electron chi connectivity index (χ2n) is 10.1. The minimum atomic E-state index is -0.961. The lowest BCUT2D eigenvalue weighted by Crippen LogP contribution is -2.35. The number of carboxylic acid groups (broad SMARTS) is 1. The van der Waals surface area contributed by atoms with E-state index < -0.39 is 23.7 Å². The van der Waals surface area contributed by atoms with Crippen LogP contribution in [0.2, 0.25) is 5.02 Å². The fraction of sp³-hybridized carbons (Fsp3) is 0.333. The zero-order valence-corrected chi connectivity index (χ0v) is 23.9. The summed E-state index contributed by atoms with van der Waals surface area (Å²) in [6, 6.07) is 9.25. The molecule has 4 aromatic rings. The van der Waals surface area contributed by atoms with E-state index in [0.29, 0.717) is 30.9 Å². The number of hydrogen-bond donors (Lipinski definition) is 2. The molecule has 2 aromatic carbocycles. The zero-order chi connectivity index (χ0) is 30.0. The van der Waals surface area contributed by atoms with Gasteiger partial charge in [0.05, 0.1) is 41.4 Å². The molecule has 1 aliphatic heterocycles. The maximum absolute atomic E-state index is 15.3. The zero-order valence-electron chi connectivity index (χ0n) is 23.1. The van der Waals surface area contributed by atoms with Crippen LogP contribution >= 0.6 is 11.6 Å². The number of amides is 2. The second kappa shape index (κ2) is 12.3. The largest absolute Gasteiger partial charge is 0.481 e. The summed E-state index contributed by atoms with van der Waals surface area (Å²) in [7, 11) is 1.83. The van der Waals surface area contributed by atoms with E-state index in [1.165, 1.54) is 17.2 Å². The normalized spacial score (nSPS) is 16.7. The van der Waals surface area contributed by atoms with Gasteiger partial charge in [-0.1, -0.05) is 29.8 Å². The van der Waals surface area contributed by atoms with Crippen LogP contribution in [0.3, 0.4) is 0 Å². The lowest BCUT2D eigenvalue weighted by atomic mass is 10.1. The standard InChI is InChI=1S/C30H30ClFN4O6/c1-3-41-25-10-11-36(28(25)30-33-15-18(42-30)8-9-27(38)39)26(37)13-17-12-21(31)23(14-22(17)32)34-29(40)20-16-35(2)24-7-5-4-6-19(20)24/h4-7,12,14-16,25,28H,3,8-11,13H2,1-2H3,(H,34,40)(H,38,39)/t25-,28-/m0/s1. The molecule has 1 saturated heterocycles. The number of rotatable bonds is 10. The number of carbonyl (C=O) groups excluding carboxylic acids is 2. The highest BCUT2D eigenvalue weighted by Crippen LogP contribution is 2.36. The van der Waals surface area contributed by atoms with E-state index in [1.54, 1.807) is 6.20 Å². The molecule has 1 fully saturated rings. The number of halogens is 2. The average Bonchev–Trinajstić information content (AvgIpc) is 3.68. The van der Waals surface area contributed by atoms with Crippen molar-refractivity contribution in [2.75, 3.05) is 18.5 Å². The van der Waals surface area contributed by atoms with Crippen LogP contribution in [0.1, 0.15) is 53.4 Å². The Kier molecular flexibility index (Phi) is 8.60. The molecule has 2 atom stereocenters. The van der Waals surface area contributed by atoms with Crippen molar-refractivity contribution in [3.8, 4) is 0 Å². The van der Waals surface area contributed by atoms with Gasteiger partial charge in [0.15, 0.2) is 0 Å². The van der Waals surface area contributed by atoms with E-state index in [9.17, 15) is 14.4 Å². The van der Waals surface area contributed by atoms with Crippen molar-refractivity contribution in [2.45, 2.75) is 44.8 Å². The molecule has 0 radical (unpaired) electrons. The first-order valence-electron chi connectivity index (χ1n) is 13.6. The van der Waals surface area contributed by atoms with Crippen LogP contribution in [-0.2, 0) is 34.2 Å². The first kappa shape index (κ1) is 29.3. The van der Waals surface area contributed by atoms with Gasteiger partial charge in [-0.25, -0.2) is 9.37 Å². The summed E-state index contributed by atoms with van der Waals surface area (Å²) < 4.78 is 28.7. The van der Waals surface area contributed by atoms with Crippen molar-refractivity contribution in [3.63, 3.8) is 0 Å². The maximum Gasteiger partial charge on any atom is 0.303 e. The van der Waals surface area contributed by atoms with E-state index in [4.69, 9.17) is 25.9 Å². The fourth-order valence-electron chi connectivity index (χ4n) is 5.33. The number of benzene rings is 2. The van der Waals surface area contributed by atoms with Crippen molar-refractivity contribution in [1.29, 1.82) is 0 Å². The Morgan fingerprint density at radius 2 is 2.05 bits per heavy atom. The third-order valence-corrected chi connectivity index (χ3v) is 7.63. The van der Waals surface area contributed by atoms with Gasteiger partial charge >= 0.3 is 5.97 Å². The van der Waals surface area contributed by atoms with Gasteiger partial charge in [-0.3, -0.25) is 14.4 Å². The van der Waals surface area contributed by atoms with Gasteiger partial charge in [0.2, 0.25) is 11.8 Å². The molecule has 2 amide bonds. The number of para-hydroxylation sites is 1. The summed E-state index contributed by atoms with van der Waals surface area (Å²) >= 11 is 6.44. The number of oxazole rings is 1. The van der Waals surface area contributed by atoms with E-state index in [0.717, 1.165) is 17.0 Å². The Bertz CT molecular complexity index is 1650. The van der Waals surface area contributed by atoms with Crippen molar-refractivity contribution >= 4 is 46.0 Å². The van der Waals surface area contributed by atoms with E-state index >= 15 is 4.39 Å². The van der Waals surface area contributed by atoms with Crippen LogP contribution in [0, 0.1) is 5.82 Å².